The average molecular weight is 499 g/mol. The largest absolute Gasteiger partial charge is 0.404 e. The van der Waals surface area contributed by atoms with Crippen LogP contribution in [0, 0.1) is 10.8 Å². The van der Waals surface area contributed by atoms with Crippen LogP contribution in [0.4, 0.5) is 17.3 Å². The van der Waals surface area contributed by atoms with Crippen molar-refractivity contribution in [3.63, 3.8) is 0 Å². The summed E-state index contributed by atoms with van der Waals surface area (Å²) < 4.78 is 1.67. The number of hydrogen-bond acceptors (Lipinski definition) is 7. The van der Waals surface area contributed by atoms with Crippen molar-refractivity contribution < 1.29 is 4.79 Å². The quantitative estimate of drug-likeness (QED) is 0.165. The minimum atomic E-state index is -0.418. The van der Waals surface area contributed by atoms with Crippen molar-refractivity contribution in [1.82, 2.24) is 14.8 Å². The van der Waals surface area contributed by atoms with Crippen molar-refractivity contribution in [2.45, 2.75) is 6.92 Å². The molecule has 0 saturated heterocycles. The highest BCUT2D eigenvalue weighted by atomic mass is 35.5. The average Bonchev–Trinajstić information content (AvgIpc) is 3.26. The molecule has 0 aliphatic carbocycles. The van der Waals surface area contributed by atoms with Crippen LogP contribution in [0.15, 0.2) is 78.5 Å². The van der Waals surface area contributed by atoms with Crippen molar-refractivity contribution >= 4 is 63.7 Å². The third-order valence-electron chi connectivity index (χ3n) is 5.40. The Labute approximate surface area is 212 Å². The lowest BCUT2D eigenvalue weighted by Crippen LogP contribution is -2.16. The molecular formula is C26H23ClN8O. The highest BCUT2D eigenvalue weighted by molar-refractivity contribution is 6.33. The molecule has 0 fully saturated rings. The molecule has 2 aromatic heterocycles. The van der Waals surface area contributed by atoms with E-state index in [0.29, 0.717) is 33.7 Å². The zero-order chi connectivity index (χ0) is 25.7. The van der Waals surface area contributed by atoms with E-state index in [-0.39, 0.29) is 5.57 Å². The van der Waals surface area contributed by atoms with E-state index in [1.807, 2.05) is 30.3 Å². The van der Waals surface area contributed by atoms with Gasteiger partial charge in [0.2, 0.25) is 0 Å². The van der Waals surface area contributed by atoms with Crippen LogP contribution in [0.2, 0.25) is 5.02 Å². The maximum Gasteiger partial charge on any atom is 0.258 e. The van der Waals surface area contributed by atoms with Gasteiger partial charge in [-0.3, -0.25) is 4.79 Å². The molecule has 4 rings (SSSR count). The summed E-state index contributed by atoms with van der Waals surface area (Å²) >= 11 is 6.52. The van der Waals surface area contributed by atoms with Gasteiger partial charge in [0.05, 0.1) is 21.8 Å². The minimum Gasteiger partial charge on any atom is -0.404 e. The van der Waals surface area contributed by atoms with Crippen LogP contribution in [-0.4, -0.2) is 33.1 Å². The van der Waals surface area contributed by atoms with Gasteiger partial charge in [-0.15, -0.1) is 5.10 Å². The number of fused-ring (bicyclic) bond motifs is 1. The molecule has 2 heterocycles. The molecule has 10 heteroatoms. The van der Waals surface area contributed by atoms with E-state index in [2.05, 4.69) is 15.6 Å². The Morgan fingerprint density at radius 1 is 1.08 bits per heavy atom. The standard InChI is InChI=1S/C26H23ClN8O/c1-2-16(13-28)26(36)33-23-8-5-9-24(32-23)35-22-7-4-3-6-19(22)25(34-35)31-21-11-10-17(12-20(21)27)18(14-29)15-30/h2-15,28-29H,30H2,1H3,(H,31,34)(H,32,33,36)/b16-2+,18-15?,28-13?,29-14?. The molecule has 180 valence electrons. The molecule has 0 atom stereocenters. The molecule has 0 aliphatic rings. The summed E-state index contributed by atoms with van der Waals surface area (Å²) in [6.45, 7) is 1.69. The molecule has 2 aromatic carbocycles. The Morgan fingerprint density at radius 2 is 1.89 bits per heavy atom. The number of benzene rings is 2. The van der Waals surface area contributed by atoms with Crippen molar-refractivity contribution in [1.29, 1.82) is 10.8 Å². The summed E-state index contributed by atoms with van der Waals surface area (Å²) in [6.07, 6.45) is 5.08. The number of nitrogens with two attached hydrogens (primary N) is 1. The third-order valence-corrected chi connectivity index (χ3v) is 5.71. The molecular weight excluding hydrogens is 476 g/mol. The first kappa shape index (κ1) is 24.4. The number of pyridine rings is 1. The van der Waals surface area contributed by atoms with Crippen LogP contribution in [-0.2, 0) is 4.79 Å². The number of carbonyl (C=O) groups excluding carboxylic acids is 1. The SMILES string of the molecule is C/C=C(\C=N)C(=O)Nc1cccc(-n2nc(Nc3ccc(C(C=N)=CN)cc3Cl)c3ccccc32)n1. The predicted octanol–water partition coefficient (Wildman–Crippen LogP) is 5.30. The first-order chi connectivity index (χ1) is 17.5. The van der Waals surface area contributed by atoms with E-state index in [4.69, 9.17) is 33.3 Å². The number of halogens is 1. The van der Waals surface area contributed by atoms with E-state index in [1.54, 1.807) is 48.0 Å². The fourth-order valence-corrected chi connectivity index (χ4v) is 3.79. The fourth-order valence-electron chi connectivity index (χ4n) is 3.56. The number of allylic oxidation sites excluding steroid dienone is 2. The first-order valence-corrected chi connectivity index (χ1v) is 11.3. The van der Waals surface area contributed by atoms with Gasteiger partial charge in [-0.1, -0.05) is 41.9 Å². The van der Waals surface area contributed by atoms with E-state index in [0.717, 1.165) is 22.7 Å². The molecule has 6 N–H and O–H groups in total. The Kier molecular flexibility index (Phi) is 7.22. The van der Waals surface area contributed by atoms with Gasteiger partial charge >= 0.3 is 0 Å². The van der Waals surface area contributed by atoms with Gasteiger partial charge in [0.25, 0.3) is 5.91 Å². The second-order valence-corrected chi connectivity index (χ2v) is 7.99. The molecule has 9 nitrogen and oxygen atoms in total. The predicted molar refractivity (Wildman–Crippen MR) is 146 cm³/mol. The van der Waals surface area contributed by atoms with Gasteiger partial charge in [-0.2, -0.15) is 0 Å². The number of para-hydroxylation sites is 1. The van der Waals surface area contributed by atoms with Crippen LogP contribution in [0.25, 0.3) is 22.3 Å². The summed E-state index contributed by atoms with van der Waals surface area (Å²) in [6, 6.07) is 18.2. The number of nitrogens with zero attached hydrogens (tertiary/aromatic N) is 3. The minimum absolute atomic E-state index is 0.232. The topological polar surface area (TPSA) is 146 Å². The van der Waals surface area contributed by atoms with Gasteiger partial charge in [-0.05, 0) is 48.9 Å². The first-order valence-electron chi connectivity index (χ1n) is 10.9. The molecule has 0 spiro atoms. The third kappa shape index (κ3) is 4.86. The maximum absolute atomic E-state index is 12.3. The zero-order valence-electron chi connectivity index (χ0n) is 19.3. The number of aromatic nitrogens is 3. The lowest BCUT2D eigenvalue weighted by atomic mass is 10.1. The van der Waals surface area contributed by atoms with Gasteiger partial charge in [0.15, 0.2) is 11.6 Å². The van der Waals surface area contributed by atoms with Crippen LogP contribution in [0.1, 0.15) is 12.5 Å². The van der Waals surface area contributed by atoms with Crippen LogP contribution < -0.4 is 16.4 Å². The molecule has 0 aliphatic heterocycles. The summed E-state index contributed by atoms with van der Waals surface area (Å²) in [5.41, 5.74) is 8.54. The summed E-state index contributed by atoms with van der Waals surface area (Å²) in [5, 5.41) is 26.9. The van der Waals surface area contributed by atoms with Crippen molar-refractivity contribution in [2.75, 3.05) is 10.6 Å². The molecule has 36 heavy (non-hydrogen) atoms. The Bertz CT molecular complexity index is 1540. The van der Waals surface area contributed by atoms with Crippen molar-refractivity contribution in [2.24, 2.45) is 5.73 Å². The van der Waals surface area contributed by atoms with Crippen LogP contribution in [0.5, 0.6) is 0 Å². The highest BCUT2D eigenvalue weighted by Crippen LogP contribution is 2.32. The van der Waals surface area contributed by atoms with Gasteiger partial charge < -0.3 is 27.2 Å². The highest BCUT2D eigenvalue weighted by Gasteiger charge is 2.15. The van der Waals surface area contributed by atoms with Gasteiger partial charge in [0, 0.05) is 29.6 Å². The monoisotopic (exact) mass is 498 g/mol. The number of anilines is 3. The molecule has 0 bridgehead atoms. The lowest BCUT2D eigenvalue weighted by Gasteiger charge is -2.09. The number of rotatable bonds is 8. The van der Waals surface area contributed by atoms with E-state index in [1.165, 1.54) is 12.4 Å². The summed E-state index contributed by atoms with van der Waals surface area (Å²) in [7, 11) is 0. The summed E-state index contributed by atoms with van der Waals surface area (Å²) in [4.78, 5) is 16.9. The lowest BCUT2D eigenvalue weighted by molar-refractivity contribution is -0.112. The summed E-state index contributed by atoms with van der Waals surface area (Å²) in [5.74, 6) is 0.984. The molecule has 0 saturated carbocycles. The number of carbonyl (C=O) groups is 1. The van der Waals surface area contributed by atoms with E-state index < -0.39 is 5.91 Å². The maximum atomic E-state index is 12.3. The Morgan fingerprint density at radius 3 is 2.58 bits per heavy atom. The number of nitrogens with one attached hydrogen (secondary N) is 4. The number of amides is 1. The van der Waals surface area contributed by atoms with E-state index >= 15 is 0 Å². The Balaban J connectivity index is 1.70. The van der Waals surface area contributed by atoms with Gasteiger partial charge in [0.1, 0.15) is 5.82 Å². The van der Waals surface area contributed by atoms with E-state index in [9.17, 15) is 4.79 Å². The smallest absolute Gasteiger partial charge is 0.258 e. The molecule has 4 aromatic rings. The second kappa shape index (κ2) is 10.7. The Hall–Kier alpha value is -4.76. The van der Waals surface area contributed by atoms with Crippen molar-refractivity contribution in [3.05, 3.63) is 89.1 Å². The molecule has 1 amide bonds. The molecule has 0 unspecified atom stereocenters. The van der Waals surface area contributed by atoms with Gasteiger partial charge in [-0.25, -0.2) is 9.67 Å². The van der Waals surface area contributed by atoms with Crippen LogP contribution in [0.3, 0.4) is 0 Å². The number of hydrogen-bond donors (Lipinski definition) is 5. The normalized spacial score (nSPS) is 11.8. The zero-order valence-corrected chi connectivity index (χ0v) is 20.0. The van der Waals surface area contributed by atoms with Crippen LogP contribution >= 0.6 is 11.6 Å². The fraction of sp³-hybridized carbons (Fsp3) is 0.0385. The molecule has 0 radical (unpaired) electrons. The van der Waals surface area contributed by atoms with Crippen molar-refractivity contribution in [3.8, 4) is 5.82 Å². The second-order valence-electron chi connectivity index (χ2n) is 7.59.